The molecule has 0 aromatic heterocycles. The largest absolute Gasteiger partial charge is 0.465 e. The fourth-order valence-corrected chi connectivity index (χ4v) is 14.7. The maximum Gasteiger partial charge on any atom is 0.416 e. The summed E-state index contributed by atoms with van der Waals surface area (Å²) in [5.74, 6) is -1.07. The van der Waals surface area contributed by atoms with Crippen molar-refractivity contribution in [3.63, 3.8) is 0 Å². The number of rotatable bonds is 28. The van der Waals surface area contributed by atoms with Crippen molar-refractivity contribution in [2.75, 3.05) is 116 Å². The third kappa shape index (κ3) is 21.9. The Balaban J connectivity index is 0.00000504. The summed E-state index contributed by atoms with van der Waals surface area (Å²) in [4.78, 5) is 76.7. The number of carboxylic acid groups (broad SMARTS) is 1. The molecule has 3 heterocycles. The first-order chi connectivity index (χ1) is 48.4. The number of nitrogens with zero attached hydrogens (tertiary/aromatic N) is 6. The molecule has 0 unspecified atom stereocenters. The summed E-state index contributed by atoms with van der Waals surface area (Å²) in [7, 11) is 3.57. The van der Waals surface area contributed by atoms with Crippen LogP contribution in [0.15, 0.2) is 140 Å². The van der Waals surface area contributed by atoms with Crippen LogP contribution in [0.1, 0.15) is 114 Å². The summed E-state index contributed by atoms with van der Waals surface area (Å²) in [6.07, 6.45) is -4.22. The van der Waals surface area contributed by atoms with Gasteiger partial charge in [-0.2, -0.15) is 26.3 Å². The van der Waals surface area contributed by atoms with Crippen molar-refractivity contribution in [3.8, 4) is 11.1 Å². The number of halogens is 11. The number of alkyl halides is 6. The highest BCUT2D eigenvalue weighted by molar-refractivity contribution is 6.42. The molecule has 6 aromatic carbocycles. The SMILES string of the molecule is CN(CCN1CCC(N(C(=O)O)c2ccccc2-c2ccccc2)CC1)C(=O)CCCCCNCc1ccc(NC(=O)OCCCCN(C)C(=O)CO[C@H]2Cc3ccccc3C23CCN(CC[C@@]2(c4ccc(Cl)c(Cl)c4)CN(C(=O)c4cc(C(F)(F)F)cc(C(F)(F)F)c4)CCO2)CC3)cc1.Cl.Cl.Cl. The molecule has 1 spiro atoms. The van der Waals surface area contributed by atoms with Gasteiger partial charge in [-0.25, -0.2) is 9.59 Å². The van der Waals surface area contributed by atoms with Gasteiger partial charge in [-0.05, 0) is 160 Å². The number of piperidine rings is 2. The van der Waals surface area contributed by atoms with E-state index in [1.807, 2.05) is 98.0 Å². The molecule has 17 nitrogen and oxygen atoms in total. The van der Waals surface area contributed by atoms with Gasteiger partial charge in [-0.3, -0.25) is 24.6 Å². The first-order valence-corrected chi connectivity index (χ1v) is 35.4. The molecule has 104 heavy (non-hydrogen) atoms. The van der Waals surface area contributed by atoms with Crippen LogP contribution in [-0.2, 0) is 60.1 Å². The minimum atomic E-state index is -5.14. The van der Waals surface area contributed by atoms with Crippen molar-refractivity contribution in [1.29, 1.82) is 0 Å². The van der Waals surface area contributed by atoms with E-state index >= 15 is 0 Å². The molecule has 0 radical (unpaired) electrons. The molecule has 2 atom stereocenters. The minimum absolute atomic E-state index is 0. The normalized spacial score (nSPS) is 17.6. The molecular formula is C76H91Cl5F6N8O9. The van der Waals surface area contributed by atoms with E-state index in [-0.39, 0.29) is 117 Å². The van der Waals surface area contributed by atoms with E-state index in [2.05, 4.69) is 32.6 Å². The lowest BCUT2D eigenvalue weighted by atomic mass is 9.72. The zero-order chi connectivity index (χ0) is 71.9. The van der Waals surface area contributed by atoms with Gasteiger partial charge in [-0.1, -0.05) is 121 Å². The van der Waals surface area contributed by atoms with Gasteiger partial charge in [0.2, 0.25) is 11.8 Å². The van der Waals surface area contributed by atoms with E-state index < -0.39 is 58.2 Å². The van der Waals surface area contributed by atoms with Crippen molar-refractivity contribution in [3.05, 3.63) is 189 Å². The number of fused-ring (bicyclic) bond motifs is 2. The van der Waals surface area contributed by atoms with Gasteiger partial charge in [0.05, 0.1) is 52.7 Å². The van der Waals surface area contributed by atoms with Crippen molar-refractivity contribution in [1.82, 2.24) is 29.8 Å². The number of amides is 5. The molecule has 3 saturated heterocycles. The molecule has 28 heteroatoms. The average molecular weight is 1550 g/mol. The second-order valence-electron chi connectivity index (χ2n) is 26.8. The topological polar surface area (TPSA) is 177 Å². The second kappa shape index (κ2) is 38.6. The predicted octanol–water partition coefficient (Wildman–Crippen LogP) is 15.9. The van der Waals surface area contributed by atoms with Crippen molar-refractivity contribution < 1.29 is 69.6 Å². The van der Waals surface area contributed by atoms with Gasteiger partial charge in [0.25, 0.3) is 5.91 Å². The number of nitrogens with one attached hydrogen (secondary N) is 2. The fourth-order valence-electron chi connectivity index (χ4n) is 14.4. The Labute approximate surface area is 632 Å². The van der Waals surface area contributed by atoms with E-state index in [1.165, 1.54) is 15.4 Å². The highest BCUT2D eigenvalue weighted by Gasteiger charge is 2.50. The summed E-state index contributed by atoms with van der Waals surface area (Å²) >= 11 is 12.8. The summed E-state index contributed by atoms with van der Waals surface area (Å²) in [5, 5.41) is 17.0. The predicted molar refractivity (Wildman–Crippen MR) is 398 cm³/mol. The summed E-state index contributed by atoms with van der Waals surface area (Å²) in [6, 6.07) is 38.8. The fraction of sp³-hybridized carbons (Fsp3) is 0.461. The molecule has 1 aliphatic carbocycles. The molecule has 0 bridgehead atoms. The number of unbranched alkanes of at least 4 members (excludes halogenated alkanes) is 3. The van der Waals surface area contributed by atoms with Crippen molar-refractivity contribution in [2.45, 2.75) is 119 Å². The number of hydrogen-bond donors (Lipinski definition) is 3. The van der Waals surface area contributed by atoms with Crippen LogP contribution in [0.2, 0.25) is 10.0 Å². The van der Waals surface area contributed by atoms with Crippen LogP contribution in [-0.4, -0.2) is 178 Å². The van der Waals surface area contributed by atoms with Crippen LogP contribution in [0.3, 0.4) is 0 Å². The van der Waals surface area contributed by atoms with Crippen molar-refractivity contribution in [2.24, 2.45) is 0 Å². The smallest absolute Gasteiger partial charge is 0.416 e. The number of ether oxygens (including phenoxy) is 3. The number of hydrogen-bond acceptors (Lipinski definition) is 11. The lowest BCUT2D eigenvalue weighted by Gasteiger charge is -2.46. The Hall–Kier alpha value is -6.90. The number of likely N-dealkylation sites (tertiary alicyclic amines) is 2. The summed E-state index contributed by atoms with van der Waals surface area (Å²) < 4.78 is 102. The molecule has 0 saturated carbocycles. The van der Waals surface area contributed by atoms with Crippen LogP contribution in [0.4, 0.5) is 47.3 Å². The number of anilines is 2. The highest BCUT2D eigenvalue weighted by Crippen LogP contribution is 2.49. The van der Waals surface area contributed by atoms with Gasteiger partial charge < -0.3 is 49.1 Å². The number of morpholine rings is 1. The van der Waals surface area contributed by atoms with Crippen LogP contribution in [0, 0.1) is 0 Å². The van der Waals surface area contributed by atoms with Crippen LogP contribution in [0.5, 0.6) is 0 Å². The van der Waals surface area contributed by atoms with Gasteiger partial charge in [0.1, 0.15) is 12.2 Å². The van der Waals surface area contributed by atoms with Gasteiger partial charge in [0, 0.05) is 101 Å². The van der Waals surface area contributed by atoms with E-state index in [0.29, 0.717) is 120 Å². The zero-order valence-electron chi connectivity index (χ0n) is 58.2. The number of benzene rings is 6. The number of likely N-dealkylation sites (N-methyl/N-ethyl adjacent to an activating group) is 2. The molecule has 10 rings (SSSR count). The molecular weight excluding hydrogens is 1460 g/mol. The van der Waals surface area contributed by atoms with E-state index in [4.69, 9.17) is 37.4 Å². The molecule has 566 valence electrons. The number of carbonyl (C=O) groups is 5. The Kier molecular flexibility index (Phi) is 31.3. The first-order valence-electron chi connectivity index (χ1n) is 34.6. The minimum Gasteiger partial charge on any atom is -0.465 e. The summed E-state index contributed by atoms with van der Waals surface area (Å²) in [5.41, 5.74) is 1.47. The first kappa shape index (κ1) is 84.4. The number of para-hydroxylation sites is 1. The maximum absolute atomic E-state index is 14.0. The molecule has 4 aliphatic rings. The maximum atomic E-state index is 14.0. The second-order valence-corrected chi connectivity index (χ2v) is 27.6. The Bertz CT molecular complexity index is 3780. The molecule has 5 amide bonds. The Morgan fingerprint density at radius 3 is 2.02 bits per heavy atom. The standard InChI is InChI=1S/C76H88Cl2F6N8O9.3ClH/c1-87(34-13-14-43-99-71(96)86-60-25-22-53(23-26-60)50-85-33-12-4-7-21-68(93)88(2)40-41-89-35-28-61(29-36-89)92(72(97)98)66-20-11-9-18-62(66)54-15-5-3-6-16-54)69(94)51-100-67-47-55-17-8-10-19-63(55)73(67)30-37-90(38-31-73)39-32-74(57-24-27-64(77)65(78)49-57)52-91(42-44-101-74)70(95)56-45-58(75(79,80)81)48-59(46-56)76(82,83)84;;;/h3,5-6,8-11,15-20,22-27,45-46,48-49,61,67,85H,4,7,12-14,21,28-44,47,50-52H2,1-2H3,(H,86,96)(H,97,98);3*1H/t67-,74-;;;/m0.../s1. The monoisotopic (exact) mass is 1550 g/mol. The molecule has 3 aliphatic heterocycles. The third-order valence-corrected chi connectivity index (χ3v) is 20.9. The average Bonchev–Trinajstić information content (AvgIpc) is 1.59. The van der Waals surface area contributed by atoms with Gasteiger partial charge >= 0.3 is 24.5 Å². The lowest BCUT2D eigenvalue weighted by molar-refractivity contribution is -0.143. The van der Waals surface area contributed by atoms with Gasteiger partial charge in [0.15, 0.2) is 0 Å². The zero-order valence-corrected chi connectivity index (χ0v) is 62.1. The highest BCUT2D eigenvalue weighted by atomic mass is 35.5. The van der Waals surface area contributed by atoms with Crippen molar-refractivity contribution >= 4 is 102 Å². The molecule has 6 aromatic rings. The number of carbonyl (C=O) groups excluding carboxylic acids is 4. The van der Waals surface area contributed by atoms with E-state index in [0.717, 1.165) is 67.7 Å². The molecule has 3 N–H and O–H groups in total. The van der Waals surface area contributed by atoms with Crippen LogP contribution < -0.4 is 15.5 Å². The van der Waals surface area contributed by atoms with Crippen LogP contribution >= 0.6 is 60.4 Å². The summed E-state index contributed by atoms with van der Waals surface area (Å²) in [6.45, 7) is 6.06. The third-order valence-electron chi connectivity index (χ3n) is 20.2. The molecule has 3 fully saturated rings. The van der Waals surface area contributed by atoms with E-state index in [9.17, 15) is 55.4 Å². The van der Waals surface area contributed by atoms with Crippen LogP contribution in [0.25, 0.3) is 11.1 Å². The Morgan fingerprint density at radius 1 is 0.683 bits per heavy atom. The van der Waals surface area contributed by atoms with E-state index in [1.54, 1.807) is 35.0 Å². The lowest BCUT2D eigenvalue weighted by Crippen LogP contribution is -2.54. The Morgan fingerprint density at radius 2 is 1.34 bits per heavy atom. The quantitative estimate of drug-likeness (QED) is 0.0313. The van der Waals surface area contributed by atoms with Gasteiger partial charge in [-0.15, -0.1) is 37.2 Å².